The Labute approximate surface area is 404 Å². The molecule has 334 valence electrons. The lowest BCUT2D eigenvalue weighted by atomic mass is 9.74. The fourth-order valence-electron chi connectivity index (χ4n) is 12.0. The average molecular weight is 914 g/mol. The van der Waals surface area contributed by atoms with Gasteiger partial charge >= 0.3 is 0 Å². The van der Waals surface area contributed by atoms with Crippen molar-refractivity contribution in [2.75, 3.05) is 4.90 Å². The number of rotatable bonds is 4. The number of H-pyrrole nitrogens is 1. The number of furan rings is 3. The largest absolute Gasteiger partial charge is 0.456 e. The highest BCUT2D eigenvalue weighted by Crippen LogP contribution is 2.52. The van der Waals surface area contributed by atoms with Gasteiger partial charge in [-0.2, -0.15) is 0 Å². The molecular weight excluding hydrogens is 875 g/mol. The van der Waals surface area contributed by atoms with Gasteiger partial charge in [-0.05, 0) is 90.0 Å². The first kappa shape index (κ1) is 38.6. The molecule has 1 aliphatic rings. The van der Waals surface area contributed by atoms with E-state index in [9.17, 15) is 0 Å². The van der Waals surface area contributed by atoms with E-state index < -0.39 is 0 Å². The maximum Gasteiger partial charge on any atom is 0.147 e. The van der Waals surface area contributed by atoms with Crippen molar-refractivity contribution in [3.8, 4) is 28.2 Å². The fraction of sp³-hybridized carbons (Fsp3) is 0.0476. The fourth-order valence-corrected chi connectivity index (χ4v) is 12.0. The molecule has 1 N–H and O–H groups in total. The molecule has 0 amide bonds. The highest BCUT2D eigenvalue weighted by molar-refractivity contribution is 6.28. The number of benzene rings is 9. The van der Waals surface area contributed by atoms with Crippen LogP contribution in [0.3, 0.4) is 0 Å². The van der Waals surface area contributed by atoms with E-state index in [0.29, 0.717) is 0 Å². The predicted octanol–water partition coefficient (Wildman–Crippen LogP) is 17.2. The van der Waals surface area contributed by atoms with Crippen LogP contribution in [0, 0.1) is 0 Å². The Balaban J connectivity index is 1.02. The van der Waals surface area contributed by atoms with E-state index in [2.05, 4.69) is 180 Å². The van der Waals surface area contributed by atoms with Crippen LogP contribution in [0.2, 0.25) is 0 Å². The van der Waals surface area contributed by atoms with Crippen LogP contribution in [0.1, 0.15) is 25.0 Å². The van der Waals surface area contributed by atoms with Gasteiger partial charge in [-0.15, -0.1) is 0 Å². The summed E-state index contributed by atoms with van der Waals surface area (Å²) >= 11 is 0. The quantitative estimate of drug-likeness (QED) is 0.189. The van der Waals surface area contributed by atoms with Crippen LogP contribution in [0.25, 0.3) is 127 Å². The van der Waals surface area contributed by atoms with Crippen molar-refractivity contribution >= 4 is 116 Å². The molecule has 0 atom stereocenters. The Bertz CT molecular complexity index is 4720. The number of nitrogens with zero attached hydrogens (tertiary/aromatic N) is 4. The average Bonchev–Trinajstić information content (AvgIpc) is 4.24. The van der Waals surface area contributed by atoms with E-state index in [4.69, 9.17) is 23.2 Å². The van der Waals surface area contributed by atoms with E-state index in [1.54, 1.807) is 0 Å². The smallest absolute Gasteiger partial charge is 0.147 e. The summed E-state index contributed by atoms with van der Waals surface area (Å²) in [5.74, 6) is 1.70. The Hall–Kier alpha value is -9.40. The highest BCUT2D eigenvalue weighted by Gasteiger charge is 2.38. The first-order chi connectivity index (χ1) is 35.0. The highest BCUT2D eigenvalue weighted by atomic mass is 16.3. The molecule has 0 radical (unpaired) electrons. The van der Waals surface area contributed by atoms with Crippen LogP contribution in [0.5, 0.6) is 0 Å². The van der Waals surface area contributed by atoms with Crippen molar-refractivity contribution in [1.82, 2.24) is 19.5 Å². The van der Waals surface area contributed by atoms with E-state index in [0.717, 1.165) is 144 Å². The first-order valence-electron chi connectivity index (χ1n) is 24.1. The number of anilines is 3. The van der Waals surface area contributed by atoms with Gasteiger partial charge in [0.2, 0.25) is 0 Å². The molecule has 15 aromatic rings. The monoisotopic (exact) mass is 913 g/mol. The number of aromatic nitrogens is 4. The zero-order valence-electron chi connectivity index (χ0n) is 38.5. The standard InChI is InChI=1S/C63H39N5O3/c1-63(2)45-21-6-7-23-48(45)67(62-46(63)22-13-31-64-62)36-15-11-14-35(32-36)44-34-54-57(41-18-5-10-26-51(41)71-54)60-59(44)66-61(68(60)37-27-28-39-38-16-3-8-24-49(38)70-53(39)33-37)43-20-12-19-42-55-47(65-58(42)43)29-30-52-56(55)40-17-4-9-25-50(40)69-52/h3-34,65H,1-2H3. The molecule has 6 aromatic heterocycles. The lowest BCUT2D eigenvalue weighted by Gasteiger charge is -2.41. The third kappa shape index (κ3) is 5.22. The molecule has 8 heteroatoms. The van der Waals surface area contributed by atoms with Crippen molar-refractivity contribution in [2.45, 2.75) is 19.3 Å². The predicted molar refractivity (Wildman–Crippen MR) is 288 cm³/mol. The number of nitrogens with one attached hydrogen (secondary N) is 1. The van der Waals surface area contributed by atoms with Gasteiger partial charge in [0.15, 0.2) is 0 Å². The van der Waals surface area contributed by atoms with Crippen molar-refractivity contribution in [2.24, 2.45) is 0 Å². The van der Waals surface area contributed by atoms with Gasteiger partial charge in [-0.3, -0.25) is 9.47 Å². The molecule has 7 heterocycles. The van der Waals surface area contributed by atoms with E-state index in [1.807, 2.05) is 42.6 Å². The van der Waals surface area contributed by atoms with Gasteiger partial charge in [0.05, 0.1) is 33.3 Å². The molecular formula is C63H39N5O3. The summed E-state index contributed by atoms with van der Waals surface area (Å²) in [6.45, 7) is 4.57. The Morgan fingerprint density at radius 1 is 0.479 bits per heavy atom. The minimum Gasteiger partial charge on any atom is -0.456 e. The summed E-state index contributed by atoms with van der Waals surface area (Å²) < 4.78 is 22.3. The van der Waals surface area contributed by atoms with Gasteiger partial charge in [0.1, 0.15) is 45.1 Å². The molecule has 16 rings (SSSR count). The van der Waals surface area contributed by atoms with Crippen LogP contribution >= 0.6 is 0 Å². The van der Waals surface area contributed by atoms with Crippen molar-refractivity contribution in [3.63, 3.8) is 0 Å². The summed E-state index contributed by atoms with van der Waals surface area (Å²) in [5.41, 5.74) is 16.8. The van der Waals surface area contributed by atoms with E-state index >= 15 is 0 Å². The molecule has 0 saturated carbocycles. The summed E-state index contributed by atoms with van der Waals surface area (Å²) in [4.78, 5) is 17.1. The van der Waals surface area contributed by atoms with E-state index in [1.165, 1.54) is 11.1 Å². The third-order valence-corrected chi connectivity index (χ3v) is 15.2. The second-order valence-corrected chi connectivity index (χ2v) is 19.4. The summed E-state index contributed by atoms with van der Waals surface area (Å²) in [6, 6.07) is 66.0. The van der Waals surface area contributed by atoms with Crippen LogP contribution < -0.4 is 4.90 Å². The topological polar surface area (TPSA) is 89.2 Å². The lowest BCUT2D eigenvalue weighted by Crippen LogP contribution is -2.31. The first-order valence-corrected chi connectivity index (χ1v) is 24.1. The second-order valence-electron chi connectivity index (χ2n) is 19.4. The maximum absolute atomic E-state index is 6.88. The van der Waals surface area contributed by atoms with Gasteiger partial charge in [-0.1, -0.05) is 117 Å². The minimum atomic E-state index is -0.242. The lowest BCUT2D eigenvalue weighted by molar-refractivity contribution is 0.627. The Morgan fingerprint density at radius 3 is 2.03 bits per heavy atom. The van der Waals surface area contributed by atoms with Crippen LogP contribution in [0.4, 0.5) is 17.2 Å². The normalized spacial score (nSPS) is 13.6. The summed E-state index contributed by atoms with van der Waals surface area (Å²) in [6.07, 6.45) is 1.89. The van der Waals surface area contributed by atoms with Crippen molar-refractivity contribution < 1.29 is 13.3 Å². The van der Waals surface area contributed by atoms with Crippen molar-refractivity contribution in [1.29, 1.82) is 0 Å². The Kier molecular flexibility index (Phi) is 7.53. The molecule has 0 unspecified atom stereocenters. The number of hydrogen-bond donors (Lipinski definition) is 1. The van der Waals surface area contributed by atoms with Gasteiger partial charge in [-0.25, -0.2) is 9.97 Å². The number of para-hydroxylation sites is 5. The zero-order valence-corrected chi connectivity index (χ0v) is 38.5. The van der Waals surface area contributed by atoms with Crippen LogP contribution in [0.15, 0.2) is 208 Å². The molecule has 0 saturated heterocycles. The van der Waals surface area contributed by atoms with Gasteiger partial charge < -0.3 is 18.2 Å². The molecule has 9 aromatic carbocycles. The molecule has 0 spiro atoms. The third-order valence-electron chi connectivity index (χ3n) is 15.2. The van der Waals surface area contributed by atoms with Crippen molar-refractivity contribution in [3.05, 3.63) is 205 Å². The van der Waals surface area contributed by atoms with Crippen LogP contribution in [-0.4, -0.2) is 19.5 Å². The molecule has 71 heavy (non-hydrogen) atoms. The zero-order chi connectivity index (χ0) is 46.7. The molecule has 0 fully saturated rings. The SMILES string of the molecule is CC1(C)c2ccccc2N(c2cccc(-c3cc4oc5ccccc5c4c4c3nc(-c3cccc5c3[nH]c3ccc6oc7ccccc7c6c35)n4-c3ccc4c(c3)oc3ccccc34)c2)c2ncccc21. The minimum absolute atomic E-state index is 0.242. The second kappa shape index (κ2) is 13.9. The van der Waals surface area contributed by atoms with Gasteiger partial charge in [0, 0.05) is 83.3 Å². The van der Waals surface area contributed by atoms with Crippen LogP contribution in [-0.2, 0) is 5.41 Å². The molecule has 1 aliphatic heterocycles. The Morgan fingerprint density at radius 2 is 1.17 bits per heavy atom. The summed E-state index contributed by atoms with van der Waals surface area (Å²) in [7, 11) is 0. The summed E-state index contributed by atoms with van der Waals surface area (Å²) in [5, 5.41) is 8.52. The van der Waals surface area contributed by atoms with E-state index in [-0.39, 0.29) is 5.41 Å². The number of fused-ring (bicyclic) bond motifs is 17. The number of imidazole rings is 1. The number of pyridine rings is 1. The number of aromatic amines is 1. The van der Waals surface area contributed by atoms with Gasteiger partial charge in [0.25, 0.3) is 0 Å². The molecule has 0 bridgehead atoms. The molecule has 0 aliphatic carbocycles. The maximum atomic E-state index is 6.88. The molecule has 8 nitrogen and oxygen atoms in total. The number of hydrogen-bond acceptors (Lipinski definition) is 6.